The number of ether oxygens (including phenoxy) is 2. The highest BCUT2D eigenvalue weighted by atomic mass is 16.7. The Morgan fingerprint density at radius 1 is 0.711 bits per heavy atom. The summed E-state index contributed by atoms with van der Waals surface area (Å²) in [6.07, 6.45) is 11.3. The maximum absolute atomic E-state index is 6.63. The van der Waals surface area contributed by atoms with Gasteiger partial charge in [0.25, 0.3) is 0 Å². The summed E-state index contributed by atoms with van der Waals surface area (Å²) >= 11 is 0. The zero-order valence-corrected chi connectivity index (χ0v) is 24.9. The summed E-state index contributed by atoms with van der Waals surface area (Å²) in [4.78, 5) is 12.6. The summed E-state index contributed by atoms with van der Waals surface area (Å²) in [5.41, 5.74) is 4.83. The average Bonchev–Trinajstić information content (AvgIpc) is 2.89. The van der Waals surface area contributed by atoms with E-state index in [-0.39, 0.29) is 11.2 Å². The van der Waals surface area contributed by atoms with Gasteiger partial charge in [-0.25, -0.2) is 0 Å². The van der Waals surface area contributed by atoms with E-state index < -0.39 is 0 Å². The number of hydrogen-bond acceptors (Lipinski definition) is 6. The van der Waals surface area contributed by atoms with Crippen molar-refractivity contribution in [2.24, 2.45) is 23.7 Å². The van der Waals surface area contributed by atoms with Crippen LogP contribution in [0.3, 0.4) is 0 Å². The maximum atomic E-state index is 6.63. The molecule has 210 valence electrons. The first-order chi connectivity index (χ1) is 18.0. The standard InChI is InChI=1S/C32H48N2O4/c1-21-17-23(3)27-9-11-31(7,37-29(27)25(21)5)19-35-33-13-15-34(16-14-33)36-20-32(8)12-10-28-24(4)18-22(2)26(6)30(28)38-32/h23-26H,9-16,19-20H2,1-8H3. The number of nitrogens with zero attached hydrogens (tertiary/aromatic N) is 2. The third kappa shape index (κ3) is 5.65. The van der Waals surface area contributed by atoms with Gasteiger partial charge >= 0.3 is 0 Å². The molecule has 0 amide bonds. The molecule has 6 heteroatoms. The van der Waals surface area contributed by atoms with Crippen LogP contribution in [0.15, 0.2) is 33.8 Å². The van der Waals surface area contributed by atoms with E-state index in [1.165, 1.54) is 22.3 Å². The van der Waals surface area contributed by atoms with Crippen LogP contribution >= 0.6 is 0 Å². The molecular weight excluding hydrogens is 476 g/mol. The molecule has 6 atom stereocenters. The van der Waals surface area contributed by atoms with Crippen molar-refractivity contribution in [2.45, 2.75) is 92.3 Å². The minimum atomic E-state index is -0.294. The monoisotopic (exact) mass is 524 g/mol. The van der Waals surface area contributed by atoms with Crippen LogP contribution in [0.2, 0.25) is 0 Å². The molecule has 0 bridgehead atoms. The lowest BCUT2D eigenvalue weighted by molar-refractivity contribution is -0.265. The summed E-state index contributed by atoms with van der Waals surface area (Å²) < 4.78 is 13.3. The molecule has 3 heterocycles. The molecule has 0 N–H and O–H groups in total. The fourth-order valence-corrected chi connectivity index (χ4v) is 6.49. The fraction of sp³-hybridized carbons (Fsp3) is 0.750. The summed E-state index contributed by atoms with van der Waals surface area (Å²) in [6, 6.07) is 0. The minimum absolute atomic E-state index is 0.294. The van der Waals surface area contributed by atoms with Gasteiger partial charge in [-0.2, -0.15) is 10.1 Å². The topological polar surface area (TPSA) is 43.4 Å². The zero-order chi connectivity index (χ0) is 27.2. The van der Waals surface area contributed by atoms with Gasteiger partial charge in [0.1, 0.15) is 35.9 Å². The molecule has 3 aliphatic heterocycles. The number of piperazine rings is 1. The van der Waals surface area contributed by atoms with Gasteiger partial charge in [0.15, 0.2) is 0 Å². The SMILES string of the molecule is CC1=[C]C(C)C2=C(OC(C)(CON3CCN(OCC4(C)CCC5=C(O4)C(C)C(C)=[C]C5C)CC3)CC2)C1C. The average molecular weight is 525 g/mol. The molecule has 0 spiro atoms. The van der Waals surface area contributed by atoms with Gasteiger partial charge in [-0.1, -0.05) is 38.8 Å². The Morgan fingerprint density at radius 2 is 1.08 bits per heavy atom. The van der Waals surface area contributed by atoms with Crippen LogP contribution in [0.4, 0.5) is 0 Å². The molecule has 0 aromatic rings. The fourth-order valence-electron chi connectivity index (χ4n) is 6.49. The molecule has 1 fully saturated rings. The van der Waals surface area contributed by atoms with Gasteiger partial charge < -0.3 is 9.47 Å². The highest BCUT2D eigenvalue weighted by Crippen LogP contribution is 2.44. The smallest absolute Gasteiger partial charge is 0.131 e. The third-order valence-electron chi connectivity index (χ3n) is 9.51. The molecule has 0 saturated carbocycles. The summed E-state index contributed by atoms with van der Waals surface area (Å²) in [5, 5.41) is 4.16. The van der Waals surface area contributed by atoms with Crippen molar-refractivity contribution in [3.05, 3.63) is 46.0 Å². The Hall–Kier alpha value is -1.60. The first-order valence-corrected chi connectivity index (χ1v) is 14.8. The highest BCUT2D eigenvalue weighted by Gasteiger charge is 2.41. The Balaban J connectivity index is 1.07. The summed E-state index contributed by atoms with van der Waals surface area (Å²) in [7, 11) is 0. The Morgan fingerprint density at radius 3 is 1.45 bits per heavy atom. The lowest BCUT2D eigenvalue weighted by atomic mass is 9.78. The van der Waals surface area contributed by atoms with E-state index in [0.29, 0.717) is 36.9 Å². The molecule has 5 aliphatic rings. The van der Waals surface area contributed by atoms with Crippen molar-refractivity contribution >= 4 is 0 Å². The Kier molecular flexibility index (Phi) is 7.91. The molecule has 6 unspecified atom stereocenters. The predicted molar refractivity (Wildman–Crippen MR) is 148 cm³/mol. The van der Waals surface area contributed by atoms with Crippen molar-refractivity contribution in [1.29, 1.82) is 0 Å². The van der Waals surface area contributed by atoms with Crippen molar-refractivity contribution in [3.63, 3.8) is 0 Å². The quantitative estimate of drug-likeness (QED) is 0.413. The van der Waals surface area contributed by atoms with E-state index in [9.17, 15) is 0 Å². The Bertz CT molecular complexity index is 954. The molecule has 1 saturated heterocycles. The number of hydroxylamine groups is 4. The molecule has 0 aromatic heterocycles. The maximum Gasteiger partial charge on any atom is 0.131 e. The highest BCUT2D eigenvalue weighted by molar-refractivity contribution is 5.31. The molecule has 2 radical (unpaired) electrons. The first-order valence-electron chi connectivity index (χ1n) is 14.8. The van der Waals surface area contributed by atoms with Crippen LogP contribution in [-0.4, -0.2) is 60.7 Å². The minimum Gasteiger partial charge on any atom is -0.489 e. The van der Waals surface area contributed by atoms with Crippen molar-refractivity contribution < 1.29 is 19.1 Å². The Labute approximate surface area is 230 Å². The lowest BCUT2D eigenvalue weighted by Crippen LogP contribution is -2.50. The molecule has 0 aromatic carbocycles. The summed E-state index contributed by atoms with van der Waals surface area (Å²) in [5.74, 6) is 3.65. The van der Waals surface area contributed by atoms with Crippen LogP contribution in [0.25, 0.3) is 0 Å². The molecule has 2 aliphatic carbocycles. The second-order valence-corrected chi connectivity index (χ2v) is 12.8. The largest absolute Gasteiger partial charge is 0.489 e. The molecular formula is C32H48N2O4. The third-order valence-corrected chi connectivity index (χ3v) is 9.51. The summed E-state index contributed by atoms with van der Waals surface area (Å²) in [6.45, 7) is 22.1. The van der Waals surface area contributed by atoms with Crippen LogP contribution in [0.5, 0.6) is 0 Å². The number of hydrogen-bond donors (Lipinski definition) is 0. The second kappa shape index (κ2) is 10.8. The van der Waals surface area contributed by atoms with E-state index in [1.54, 1.807) is 0 Å². The second-order valence-electron chi connectivity index (χ2n) is 12.8. The van der Waals surface area contributed by atoms with Crippen molar-refractivity contribution in [1.82, 2.24) is 10.1 Å². The van der Waals surface area contributed by atoms with Crippen LogP contribution in [0.1, 0.15) is 81.1 Å². The molecule has 38 heavy (non-hydrogen) atoms. The predicted octanol–water partition coefficient (Wildman–Crippen LogP) is 6.18. The molecule has 6 nitrogen and oxygen atoms in total. The van der Waals surface area contributed by atoms with E-state index in [4.69, 9.17) is 19.1 Å². The zero-order valence-electron chi connectivity index (χ0n) is 24.9. The normalized spacial score (nSPS) is 38.6. The number of rotatable bonds is 6. The van der Waals surface area contributed by atoms with Crippen molar-refractivity contribution in [3.8, 4) is 0 Å². The van der Waals surface area contributed by atoms with Crippen molar-refractivity contribution in [2.75, 3.05) is 39.4 Å². The van der Waals surface area contributed by atoms with E-state index in [2.05, 4.69) is 77.7 Å². The van der Waals surface area contributed by atoms with Crippen LogP contribution < -0.4 is 0 Å². The number of allylic oxidation sites excluding steroid dienone is 6. The van der Waals surface area contributed by atoms with Gasteiger partial charge in [0, 0.05) is 49.9 Å². The first kappa shape index (κ1) is 27.9. The van der Waals surface area contributed by atoms with Crippen LogP contribution in [-0.2, 0) is 19.1 Å². The van der Waals surface area contributed by atoms with Gasteiger partial charge in [-0.05, 0) is 76.7 Å². The molecule has 5 rings (SSSR count). The van der Waals surface area contributed by atoms with Crippen LogP contribution in [0, 0.1) is 35.8 Å². The van der Waals surface area contributed by atoms with Gasteiger partial charge in [0.05, 0.1) is 0 Å². The van der Waals surface area contributed by atoms with E-state index in [1.807, 2.05) is 0 Å². The lowest BCUT2D eigenvalue weighted by Gasteiger charge is -2.44. The van der Waals surface area contributed by atoms with Gasteiger partial charge in [0.2, 0.25) is 0 Å². The van der Waals surface area contributed by atoms with Gasteiger partial charge in [-0.15, -0.1) is 0 Å². The van der Waals surface area contributed by atoms with E-state index >= 15 is 0 Å². The van der Waals surface area contributed by atoms with Gasteiger partial charge in [-0.3, -0.25) is 9.68 Å². The van der Waals surface area contributed by atoms with E-state index in [0.717, 1.165) is 63.4 Å².